The van der Waals surface area contributed by atoms with Crippen molar-refractivity contribution in [3.8, 4) is 0 Å². The summed E-state index contributed by atoms with van der Waals surface area (Å²) in [5.74, 6) is 0.159. The second kappa shape index (κ2) is 4.04. The SMILES string of the molecule is CC(C)CS(=O)(=O)C(C)CF. The second-order valence-electron chi connectivity index (χ2n) is 3.19. The molecule has 68 valence electrons. The van der Waals surface area contributed by atoms with Crippen molar-refractivity contribution in [2.45, 2.75) is 26.0 Å². The van der Waals surface area contributed by atoms with Crippen LogP contribution in [0.2, 0.25) is 0 Å². The molecule has 0 saturated carbocycles. The molecule has 0 saturated heterocycles. The minimum atomic E-state index is -3.18. The molecule has 0 aromatic rings. The van der Waals surface area contributed by atoms with Crippen LogP contribution in [0.4, 0.5) is 4.39 Å². The Hall–Kier alpha value is -0.120. The van der Waals surface area contributed by atoms with E-state index in [-0.39, 0.29) is 11.7 Å². The van der Waals surface area contributed by atoms with Crippen LogP contribution in [-0.4, -0.2) is 26.1 Å². The van der Waals surface area contributed by atoms with Crippen LogP contribution in [0.3, 0.4) is 0 Å². The van der Waals surface area contributed by atoms with Gasteiger partial charge in [0.05, 0.1) is 11.0 Å². The molecule has 0 fully saturated rings. The summed E-state index contributed by atoms with van der Waals surface area (Å²) in [4.78, 5) is 0. The summed E-state index contributed by atoms with van der Waals surface area (Å²) in [7, 11) is -3.18. The minimum absolute atomic E-state index is 0.0778. The molecule has 0 amide bonds. The standard InChI is InChI=1S/C7H15FO2S/c1-6(2)5-11(9,10)7(3)4-8/h6-7H,4-5H2,1-3H3. The molecule has 0 N–H and O–H groups in total. The van der Waals surface area contributed by atoms with Gasteiger partial charge in [-0.2, -0.15) is 0 Å². The minimum Gasteiger partial charge on any atom is -0.250 e. The summed E-state index contributed by atoms with van der Waals surface area (Å²) in [5, 5.41) is -0.843. The van der Waals surface area contributed by atoms with Crippen molar-refractivity contribution in [2.24, 2.45) is 5.92 Å². The molecular formula is C7H15FO2S. The Morgan fingerprint density at radius 3 is 2.00 bits per heavy atom. The molecule has 0 aliphatic rings. The lowest BCUT2D eigenvalue weighted by Crippen LogP contribution is -2.25. The number of halogens is 1. The van der Waals surface area contributed by atoms with Crippen LogP contribution in [0.15, 0.2) is 0 Å². The van der Waals surface area contributed by atoms with Crippen LogP contribution in [0, 0.1) is 5.92 Å². The van der Waals surface area contributed by atoms with E-state index in [4.69, 9.17) is 0 Å². The number of hydrogen-bond donors (Lipinski definition) is 0. The van der Waals surface area contributed by atoms with Crippen LogP contribution >= 0.6 is 0 Å². The van der Waals surface area contributed by atoms with E-state index in [1.807, 2.05) is 13.8 Å². The Morgan fingerprint density at radius 1 is 1.27 bits per heavy atom. The number of rotatable bonds is 4. The lowest BCUT2D eigenvalue weighted by atomic mass is 10.3. The van der Waals surface area contributed by atoms with Crippen molar-refractivity contribution in [3.05, 3.63) is 0 Å². The quantitative estimate of drug-likeness (QED) is 0.659. The molecule has 0 aliphatic carbocycles. The van der Waals surface area contributed by atoms with E-state index in [2.05, 4.69) is 0 Å². The highest BCUT2D eigenvalue weighted by Crippen LogP contribution is 2.07. The summed E-state index contributed by atoms with van der Waals surface area (Å²) in [6.45, 7) is 4.23. The van der Waals surface area contributed by atoms with Crippen molar-refractivity contribution in [2.75, 3.05) is 12.4 Å². The predicted octanol–water partition coefficient (Wildman–Crippen LogP) is 1.42. The molecule has 0 bridgehead atoms. The van der Waals surface area contributed by atoms with Gasteiger partial charge in [-0.05, 0) is 12.8 Å². The fourth-order valence-corrected chi connectivity index (χ4v) is 2.17. The van der Waals surface area contributed by atoms with Crippen LogP contribution in [-0.2, 0) is 9.84 Å². The maximum absolute atomic E-state index is 12.0. The topological polar surface area (TPSA) is 34.1 Å². The van der Waals surface area contributed by atoms with Crippen LogP contribution in [0.25, 0.3) is 0 Å². The van der Waals surface area contributed by atoms with Gasteiger partial charge in [0.1, 0.15) is 6.67 Å². The van der Waals surface area contributed by atoms with Gasteiger partial charge in [-0.15, -0.1) is 0 Å². The van der Waals surface area contributed by atoms with Gasteiger partial charge < -0.3 is 0 Å². The molecule has 2 nitrogen and oxygen atoms in total. The summed E-state index contributed by atoms with van der Waals surface area (Å²) in [6.07, 6.45) is 0. The van der Waals surface area contributed by atoms with Gasteiger partial charge in [-0.1, -0.05) is 13.8 Å². The van der Waals surface area contributed by atoms with E-state index in [9.17, 15) is 12.8 Å². The highest BCUT2D eigenvalue weighted by molar-refractivity contribution is 7.92. The first kappa shape index (κ1) is 10.9. The van der Waals surface area contributed by atoms with Gasteiger partial charge >= 0.3 is 0 Å². The summed E-state index contributed by atoms with van der Waals surface area (Å²) in [5.41, 5.74) is 0. The van der Waals surface area contributed by atoms with Crippen molar-refractivity contribution in [3.63, 3.8) is 0 Å². The van der Waals surface area contributed by atoms with Gasteiger partial charge in [-0.3, -0.25) is 0 Å². The third-order valence-electron chi connectivity index (χ3n) is 1.40. The van der Waals surface area contributed by atoms with Crippen LogP contribution in [0.1, 0.15) is 20.8 Å². The molecule has 11 heavy (non-hydrogen) atoms. The van der Waals surface area contributed by atoms with E-state index >= 15 is 0 Å². The molecule has 0 aliphatic heterocycles. The van der Waals surface area contributed by atoms with E-state index in [1.54, 1.807) is 0 Å². The monoisotopic (exact) mass is 182 g/mol. The molecule has 0 rings (SSSR count). The Labute approximate surface area is 67.7 Å². The molecule has 0 heterocycles. The summed E-state index contributed by atoms with van der Waals surface area (Å²) < 4.78 is 34.2. The van der Waals surface area contributed by atoms with E-state index < -0.39 is 21.8 Å². The zero-order valence-electron chi connectivity index (χ0n) is 7.17. The van der Waals surface area contributed by atoms with E-state index in [1.165, 1.54) is 6.92 Å². The summed E-state index contributed by atoms with van der Waals surface area (Å²) in [6, 6.07) is 0. The van der Waals surface area contributed by atoms with Crippen LogP contribution < -0.4 is 0 Å². The maximum Gasteiger partial charge on any atom is 0.155 e. The smallest absolute Gasteiger partial charge is 0.155 e. The van der Waals surface area contributed by atoms with Gasteiger partial charge in [0.25, 0.3) is 0 Å². The molecule has 0 radical (unpaired) electrons. The van der Waals surface area contributed by atoms with Crippen molar-refractivity contribution < 1.29 is 12.8 Å². The lowest BCUT2D eigenvalue weighted by Gasteiger charge is -2.10. The van der Waals surface area contributed by atoms with Gasteiger partial charge in [0.15, 0.2) is 9.84 Å². The fraction of sp³-hybridized carbons (Fsp3) is 1.00. The molecular weight excluding hydrogens is 167 g/mol. The first-order valence-corrected chi connectivity index (χ1v) is 5.39. The second-order valence-corrected chi connectivity index (χ2v) is 5.65. The Morgan fingerprint density at radius 2 is 1.73 bits per heavy atom. The maximum atomic E-state index is 12.0. The predicted molar refractivity (Wildman–Crippen MR) is 44.1 cm³/mol. The molecule has 1 unspecified atom stereocenters. The first-order chi connectivity index (χ1) is 4.90. The average molecular weight is 182 g/mol. The molecule has 0 aromatic heterocycles. The van der Waals surface area contributed by atoms with Gasteiger partial charge in [0.2, 0.25) is 0 Å². The highest BCUT2D eigenvalue weighted by atomic mass is 32.2. The number of alkyl halides is 1. The number of sulfone groups is 1. The Kier molecular flexibility index (Phi) is 4.00. The van der Waals surface area contributed by atoms with Crippen molar-refractivity contribution >= 4 is 9.84 Å². The Balaban J connectivity index is 4.23. The molecule has 1 atom stereocenters. The van der Waals surface area contributed by atoms with Crippen LogP contribution in [0.5, 0.6) is 0 Å². The molecule has 0 aromatic carbocycles. The normalized spacial score (nSPS) is 15.4. The molecule has 0 spiro atoms. The van der Waals surface area contributed by atoms with Gasteiger partial charge in [0, 0.05) is 0 Å². The highest BCUT2D eigenvalue weighted by Gasteiger charge is 2.21. The van der Waals surface area contributed by atoms with Gasteiger partial charge in [-0.25, -0.2) is 12.8 Å². The third-order valence-corrected chi connectivity index (χ3v) is 3.88. The third kappa shape index (κ3) is 3.70. The lowest BCUT2D eigenvalue weighted by molar-refractivity contribution is 0.473. The number of hydrogen-bond acceptors (Lipinski definition) is 2. The van der Waals surface area contributed by atoms with Crippen molar-refractivity contribution in [1.82, 2.24) is 0 Å². The zero-order chi connectivity index (χ0) is 9.07. The first-order valence-electron chi connectivity index (χ1n) is 3.67. The largest absolute Gasteiger partial charge is 0.250 e. The summed E-state index contributed by atoms with van der Waals surface area (Å²) >= 11 is 0. The molecule has 4 heteroatoms. The average Bonchev–Trinajstić information content (AvgIpc) is 1.83. The van der Waals surface area contributed by atoms with E-state index in [0.29, 0.717) is 0 Å². The fourth-order valence-electron chi connectivity index (χ4n) is 0.725. The van der Waals surface area contributed by atoms with E-state index in [0.717, 1.165) is 0 Å². The van der Waals surface area contributed by atoms with Crippen molar-refractivity contribution in [1.29, 1.82) is 0 Å². The zero-order valence-corrected chi connectivity index (χ0v) is 7.99. The Bertz CT molecular complexity index is 196.